The van der Waals surface area contributed by atoms with E-state index in [0.717, 1.165) is 31.0 Å². The van der Waals surface area contributed by atoms with Crippen LogP contribution in [0.5, 0.6) is 0 Å². The SMILES string of the molecule is CCCOC(C)(OC(=O)C=CC(=O)OC(C)C)[Si]1(C)CCC(C)(C)O[Si]1(C)C. The van der Waals surface area contributed by atoms with E-state index in [1.165, 1.54) is 0 Å². The van der Waals surface area contributed by atoms with Gasteiger partial charge in [-0.05, 0) is 66.6 Å². The predicted octanol–water partition coefficient (Wildman–Crippen LogP) is 4.28. The van der Waals surface area contributed by atoms with Crippen LogP contribution in [0.4, 0.5) is 0 Å². The quantitative estimate of drug-likeness (QED) is 0.248. The number of hydrogen-bond acceptors (Lipinski definition) is 6. The van der Waals surface area contributed by atoms with E-state index in [4.69, 9.17) is 18.6 Å². The van der Waals surface area contributed by atoms with Crippen molar-refractivity contribution in [2.24, 2.45) is 0 Å². The van der Waals surface area contributed by atoms with Gasteiger partial charge in [-0.15, -0.1) is 0 Å². The first kappa shape index (κ1) is 25.1. The lowest BCUT2D eigenvalue weighted by Gasteiger charge is -2.56. The highest BCUT2D eigenvalue weighted by Crippen LogP contribution is 2.45. The molecule has 0 aromatic carbocycles. The number of hydrogen-bond donors (Lipinski definition) is 0. The summed E-state index contributed by atoms with van der Waals surface area (Å²) in [7, 11) is -4.47. The first-order chi connectivity index (χ1) is 12.7. The monoisotopic (exact) mass is 430 g/mol. The molecular formula is C20H38O6Si2. The number of ether oxygens (including phenoxy) is 3. The van der Waals surface area contributed by atoms with E-state index in [1.54, 1.807) is 13.8 Å². The second-order valence-electron chi connectivity index (χ2n) is 9.24. The molecule has 1 rings (SSSR count). The van der Waals surface area contributed by atoms with Crippen molar-refractivity contribution in [2.45, 2.75) is 97.2 Å². The van der Waals surface area contributed by atoms with E-state index >= 15 is 0 Å². The molecule has 6 nitrogen and oxygen atoms in total. The summed E-state index contributed by atoms with van der Waals surface area (Å²) >= 11 is 0. The fraction of sp³-hybridized carbons (Fsp3) is 0.800. The molecule has 0 bridgehead atoms. The van der Waals surface area contributed by atoms with E-state index < -0.39 is 32.8 Å². The third-order valence-electron chi connectivity index (χ3n) is 5.67. The van der Waals surface area contributed by atoms with Gasteiger partial charge in [0.05, 0.1) is 18.3 Å². The van der Waals surface area contributed by atoms with Gasteiger partial charge in [-0.25, -0.2) is 9.59 Å². The fourth-order valence-corrected chi connectivity index (χ4v) is 16.8. The predicted molar refractivity (Wildman–Crippen MR) is 115 cm³/mol. The summed E-state index contributed by atoms with van der Waals surface area (Å²) in [4.78, 5) is 24.2. The molecule has 1 saturated heterocycles. The molecular weight excluding hydrogens is 392 g/mol. The smallest absolute Gasteiger partial charge is 0.333 e. The van der Waals surface area contributed by atoms with Crippen LogP contribution in [0, 0.1) is 0 Å². The Labute approximate surface area is 171 Å². The van der Waals surface area contributed by atoms with Crippen LogP contribution >= 0.6 is 0 Å². The Morgan fingerprint density at radius 2 is 1.75 bits per heavy atom. The largest absolute Gasteiger partial charge is 0.460 e. The first-order valence-corrected chi connectivity index (χ1v) is 16.8. The van der Waals surface area contributed by atoms with E-state index in [9.17, 15) is 9.59 Å². The molecule has 0 radical (unpaired) electrons. The number of carbonyl (C=O) groups is 2. The topological polar surface area (TPSA) is 71.1 Å². The molecule has 1 aliphatic rings. The molecule has 1 aliphatic heterocycles. The zero-order valence-corrected chi connectivity index (χ0v) is 21.0. The number of rotatable bonds is 8. The standard InChI is InChI=1S/C20H38O6Si2/c1-10-14-23-20(6,25-18(22)12-11-17(21)24-16(2)3)28(9)15-13-19(4,5)26-27(28,7)8/h11-12,16H,10,13-15H2,1-9H3. The summed E-state index contributed by atoms with van der Waals surface area (Å²) < 4.78 is 23.7. The molecule has 0 aromatic rings. The van der Waals surface area contributed by atoms with Crippen LogP contribution < -0.4 is 0 Å². The second kappa shape index (κ2) is 9.23. The molecule has 0 aliphatic carbocycles. The maximum Gasteiger partial charge on any atom is 0.333 e. The first-order valence-electron chi connectivity index (χ1n) is 10.1. The summed E-state index contributed by atoms with van der Waals surface area (Å²) in [6, 6.07) is 0.964. The van der Waals surface area contributed by atoms with Crippen molar-refractivity contribution in [2.75, 3.05) is 6.61 Å². The second-order valence-corrected chi connectivity index (χ2v) is 23.5. The maximum atomic E-state index is 12.5. The summed E-state index contributed by atoms with van der Waals surface area (Å²) in [5.74, 6) is -1.16. The summed E-state index contributed by atoms with van der Waals surface area (Å²) in [6.45, 7) is 18.8. The molecule has 0 aromatic heterocycles. The molecule has 0 saturated carbocycles. The molecule has 2 atom stereocenters. The van der Waals surface area contributed by atoms with Gasteiger partial charge in [0.2, 0.25) is 0 Å². The van der Waals surface area contributed by atoms with Crippen LogP contribution in [-0.2, 0) is 28.2 Å². The van der Waals surface area contributed by atoms with E-state index in [0.29, 0.717) is 6.61 Å². The highest BCUT2D eigenvalue weighted by molar-refractivity contribution is 7.39. The fourth-order valence-electron chi connectivity index (χ4n) is 3.71. The Morgan fingerprint density at radius 3 is 2.25 bits per heavy atom. The van der Waals surface area contributed by atoms with Crippen LogP contribution in [0.1, 0.15) is 54.4 Å². The highest BCUT2D eigenvalue weighted by Gasteiger charge is 2.65. The Morgan fingerprint density at radius 1 is 1.18 bits per heavy atom. The van der Waals surface area contributed by atoms with Crippen molar-refractivity contribution in [3.8, 4) is 0 Å². The van der Waals surface area contributed by atoms with Crippen LogP contribution in [0.2, 0.25) is 25.7 Å². The minimum atomic E-state index is -2.29. The van der Waals surface area contributed by atoms with Gasteiger partial charge in [-0.2, -0.15) is 0 Å². The lowest BCUT2D eigenvalue weighted by molar-refractivity contribution is -0.188. The van der Waals surface area contributed by atoms with Gasteiger partial charge in [-0.1, -0.05) is 13.5 Å². The average Bonchev–Trinajstić information content (AvgIpc) is 2.53. The Balaban J connectivity index is 3.09. The van der Waals surface area contributed by atoms with Gasteiger partial charge >= 0.3 is 11.9 Å². The van der Waals surface area contributed by atoms with Crippen LogP contribution in [0.25, 0.3) is 0 Å². The number of esters is 2. The van der Waals surface area contributed by atoms with Crippen molar-refractivity contribution in [3.63, 3.8) is 0 Å². The Hall–Kier alpha value is -0.966. The summed E-state index contributed by atoms with van der Waals surface area (Å²) in [5, 5.41) is 0. The van der Waals surface area contributed by atoms with Crippen molar-refractivity contribution in [1.82, 2.24) is 0 Å². The van der Waals surface area contributed by atoms with Gasteiger partial charge in [0, 0.05) is 12.2 Å². The molecule has 8 heteroatoms. The van der Waals surface area contributed by atoms with E-state index in [2.05, 4.69) is 33.5 Å². The minimum absolute atomic E-state index is 0.168. The zero-order valence-electron chi connectivity index (χ0n) is 19.0. The van der Waals surface area contributed by atoms with Gasteiger partial charge in [0.25, 0.3) is 0 Å². The molecule has 2 unspecified atom stereocenters. The van der Waals surface area contributed by atoms with Gasteiger partial charge in [0.1, 0.15) is 0 Å². The molecule has 0 N–H and O–H groups in total. The van der Waals surface area contributed by atoms with Crippen molar-refractivity contribution >= 4 is 27.4 Å². The summed E-state index contributed by atoms with van der Waals surface area (Å²) in [5.41, 5.74) is -1.18. The van der Waals surface area contributed by atoms with Gasteiger partial charge in [-0.3, -0.25) is 0 Å². The third kappa shape index (κ3) is 6.01. The van der Waals surface area contributed by atoms with E-state index in [-0.39, 0.29) is 11.7 Å². The molecule has 1 fully saturated rings. The third-order valence-corrected chi connectivity index (χ3v) is 23.3. The zero-order chi connectivity index (χ0) is 21.8. The highest BCUT2D eigenvalue weighted by atomic mass is 29.3. The Bertz CT molecular complexity index is 602. The van der Waals surface area contributed by atoms with Gasteiger partial charge in [0.15, 0.2) is 20.8 Å². The lowest BCUT2D eigenvalue weighted by Crippen LogP contribution is -2.76. The minimum Gasteiger partial charge on any atom is -0.460 e. The number of carbonyl (C=O) groups excluding carboxylic acids is 2. The van der Waals surface area contributed by atoms with Crippen molar-refractivity contribution in [1.29, 1.82) is 0 Å². The average molecular weight is 431 g/mol. The van der Waals surface area contributed by atoms with Crippen LogP contribution in [-0.4, -0.2) is 51.1 Å². The van der Waals surface area contributed by atoms with Gasteiger partial charge < -0.3 is 18.6 Å². The summed E-state index contributed by atoms with van der Waals surface area (Å²) in [6.07, 6.45) is 3.72. The molecule has 28 heavy (non-hydrogen) atoms. The molecule has 0 amide bonds. The van der Waals surface area contributed by atoms with Crippen LogP contribution in [0.15, 0.2) is 12.2 Å². The Kier molecular flexibility index (Phi) is 8.27. The van der Waals surface area contributed by atoms with Crippen molar-refractivity contribution < 1.29 is 28.2 Å². The molecule has 162 valence electrons. The molecule has 0 spiro atoms. The lowest BCUT2D eigenvalue weighted by atomic mass is 10.1. The maximum absolute atomic E-state index is 12.5. The van der Waals surface area contributed by atoms with Crippen molar-refractivity contribution in [3.05, 3.63) is 12.2 Å². The van der Waals surface area contributed by atoms with E-state index in [1.807, 2.05) is 13.8 Å². The van der Waals surface area contributed by atoms with Crippen LogP contribution in [0.3, 0.4) is 0 Å². The normalized spacial score (nSPS) is 26.1. The molecule has 1 heterocycles.